The molecule has 0 aliphatic carbocycles. The van der Waals surface area contributed by atoms with Crippen LogP contribution in [0.3, 0.4) is 0 Å². The number of hydrogen-bond acceptors (Lipinski definition) is 3. The predicted octanol–water partition coefficient (Wildman–Crippen LogP) is 6.14. The van der Waals surface area contributed by atoms with Gasteiger partial charge < -0.3 is 9.32 Å². The second kappa shape index (κ2) is 7.73. The average Bonchev–Trinajstić information content (AvgIpc) is 3.07. The number of para-hydroxylation sites is 1. The van der Waals surface area contributed by atoms with Crippen molar-refractivity contribution in [3.05, 3.63) is 117 Å². The van der Waals surface area contributed by atoms with Crippen molar-refractivity contribution >= 4 is 16.9 Å². The number of amides is 1. The summed E-state index contributed by atoms with van der Waals surface area (Å²) in [5.41, 5.74) is 5.01. The number of rotatable bonds is 3. The highest BCUT2D eigenvalue weighted by Gasteiger charge is 2.42. The van der Waals surface area contributed by atoms with Crippen molar-refractivity contribution in [3.63, 3.8) is 0 Å². The molecule has 1 amide bonds. The second-order valence-electron chi connectivity index (χ2n) is 9.86. The minimum Gasteiger partial charge on any atom is -0.450 e. The van der Waals surface area contributed by atoms with E-state index in [4.69, 9.17) is 4.42 Å². The van der Waals surface area contributed by atoms with Crippen molar-refractivity contribution in [3.8, 4) is 0 Å². The maximum atomic E-state index is 13.6. The molecule has 166 valence electrons. The molecular weight excluding hydrogens is 410 g/mol. The first-order chi connectivity index (χ1) is 15.7. The van der Waals surface area contributed by atoms with Gasteiger partial charge in [-0.2, -0.15) is 0 Å². The van der Waals surface area contributed by atoms with Crippen molar-refractivity contribution in [2.24, 2.45) is 0 Å². The summed E-state index contributed by atoms with van der Waals surface area (Å²) in [6, 6.07) is 23.0. The Hall–Kier alpha value is -3.66. The molecule has 5 rings (SSSR count). The lowest BCUT2D eigenvalue weighted by Gasteiger charge is -2.26. The smallest absolute Gasteiger partial charge is 0.291 e. The van der Waals surface area contributed by atoms with Gasteiger partial charge >= 0.3 is 0 Å². The van der Waals surface area contributed by atoms with Gasteiger partial charge in [0, 0.05) is 6.54 Å². The van der Waals surface area contributed by atoms with Gasteiger partial charge in [-0.3, -0.25) is 9.59 Å². The molecule has 4 heteroatoms. The Balaban J connectivity index is 1.68. The molecule has 1 aliphatic rings. The van der Waals surface area contributed by atoms with Crippen LogP contribution >= 0.6 is 0 Å². The lowest BCUT2D eigenvalue weighted by Crippen LogP contribution is -2.29. The normalized spacial score (nSPS) is 15.8. The molecule has 3 aromatic carbocycles. The summed E-state index contributed by atoms with van der Waals surface area (Å²) in [4.78, 5) is 28.9. The molecule has 33 heavy (non-hydrogen) atoms. The van der Waals surface area contributed by atoms with Crippen LogP contribution in [0.25, 0.3) is 11.0 Å². The van der Waals surface area contributed by atoms with Gasteiger partial charge in [0.25, 0.3) is 5.91 Å². The van der Waals surface area contributed by atoms with E-state index < -0.39 is 6.04 Å². The summed E-state index contributed by atoms with van der Waals surface area (Å²) >= 11 is 0. The fraction of sp³-hybridized carbons (Fsp3) is 0.241. The maximum Gasteiger partial charge on any atom is 0.291 e. The summed E-state index contributed by atoms with van der Waals surface area (Å²) in [5.74, 6) is -0.103. The summed E-state index contributed by atoms with van der Waals surface area (Å²) in [5, 5.41) is 0.498. The third-order valence-electron chi connectivity index (χ3n) is 6.44. The molecule has 1 atom stereocenters. The van der Waals surface area contributed by atoms with E-state index in [9.17, 15) is 9.59 Å². The fourth-order valence-corrected chi connectivity index (χ4v) is 4.53. The van der Waals surface area contributed by atoms with Crippen LogP contribution in [0.5, 0.6) is 0 Å². The number of carbonyl (C=O) groups excluding carboxylic acids is 1. The number of benzene rings is 3. The summed E-state index contributed by atoms with van der Waals surface area (Å²) in [7, 11) is 0. The van der Waals surface area contributed by atoms with Crippen molar-refractivity contribution in [2.75, 3.05) is 0 Å². The Labute approximate surface area is 193 Å². The van der Waals surface area contributed by atoms with E-state index in [-0.39, 0.29) is 22.5 Å². The van der Waals surface area contributed by atoms with E-state index in [0.29, 0.717) is 23.1 Å². The molecule has 1 aliphatic heterocycles. The largest absolute Gasteiger partial charge is 0.450 e. The van der Waals surface area contributed by atoms with Crippen LogP contribution in [0, 0.1) is 6.92 Å². The van der Waals surface area contributed by atoms with Gasteiger partial charge in [-0.25, -0.2) is 0 Å². The zero-order valence-electron chi connectivity index (χ0n) is 19.4. The first-order valence-corrected chi connectivity index (χ1v) is 11.3. The quantitative estimate of drug-likeness (QED) is 0.387. The SMILES string of the molecule is Cc1ccc(CN2C(=O)c3oc4ccccc4c(=O)c3[C@@H]2c2ccc(C(C)(C)C)cc2)cc1. The summed E-state index contributed by atoms with van der Waals surface area (Å²) < 4.78 is 6.02. The molecule has 0 radical (unpaired) electrons. The van der Waals surface area contributed by atoms with Crippen LogP contribution in [0.1, 0.15) is 65.2 Å². The van der Waals surface area contributed by atoms with Crippen LogP contribution in [-0.2, 0) is 12.0 Å². The number of hydrogen-bond donors (Lipinski definition) is 0. The number of nitrogens with zero attached hydrogens (tertiary/aromatic N) is 1. The molecule has 0 bridgehead atoms. The van der Waals surface area contributed by atoms with E-state index >= 15 is 0 Å². The first kappa shape index (κ1) is 21.2. The highest BCUT2D eigenvalue weighted by molar-refractivity contribution is 5.99. The molecule has 2 heterocycles. The van der Waals surface area contributed by atoms with E-state index in [0.717, 1.165) is 16.7 Å². The van der Waals surface area contributed by atoms with Crippen LogP contribution in [0.15, 0.2) is 82.0 Å². The van der Waals surface area contributed by atoms with Crippen molar-refractivity contribution in [1.29, 1.82) is 0 Å². The van der Waals surface area contributed by atoms with Gasteiger partial charge in [0.15, 0.2) is 5.43 Å². The summed E-state index contributed by atoms with van der Waals surface area (Å²) in [6.45, 7) is 8.93. The van der Waals surface area contributed by atoms with E-state index in [2.05, 4.69) is 32.9 Å². The Bertz CT molecular complexity index is 1410. The van der Waals surface area contributed by atoms with Crippen molar-refractivity contribution in [2.45, 2.75) is 45.7 Å². The predicted molar refractivity (Wildman–Crippen MR) is 131 cm³/mol. The van der Waals surface area contributed by atoms with Crippen molar-refractivity contribution < 1.29 is 9.21 Å². The van der Waals surface area contributed by atoms with Crippen molar-refractivity contribution in [1.82, 2.24) is 4.90 Å². The van der Waals surface area contributed by atoms with Gasteiger partial charge in [0.2, 0.25) is 5.76 Å². The molecule has 0 saturated heterocycles. The summed E-state index contributed by atoms with van der Waals surface area (Å²) in [6.07, 6.45) is 0. The van der Waals surface area contributed by atoms with Crippen LogP contribution < -0.4 is 5.43 Å². The maximum absolute atomic E-state index is 13.6. The fourth-order valence-electron chi connectivity index (χ4n) is 4.53. The Kier molecular flexibility index (Phi) is 4.97. The Morgan fingerprint density at radius 3 is 2.21 bits per heavy atom. The van der Waals surface area contributed by atoms with Gasteiger partial charge in [-0.15, -0.1) is 0 Å². The second-order valence-corrected chi connectivity index (χ2v) is 9.86. The van der Waals surface area contributed by atoms with Gasteiger partial charge in [-0.05, 0) is 41.2 Å². The Morgan fingerprint density at radius 2 is 1.55 bits per heavy atom. The van der Waals surface area contributed by atoms with E-state index in [1.807, 2.05) is 55.5 Å². The first-order valence-electron chi connectivity index (χ1n) is 11.3. The lowest BCUT2D eigenvalue weighted by atomic mass is 9.86. The number of aryl methyl sites for hydroxylation is 1. The van der Waals surface area contributed by atoms with Gasteiger partial charge in [-0.1, -0.05) is 87.0 Å². The lowest BCUT2D eigenvalue weighted by molar-refractivity contribution is 0.0714. The monoisotopic (exact) mass is 437 g/mol. The standard InChI is InChI=1S/C29H27NO3/c1-18-9-11-19(12-10-18)17-30-25(20-13-15-21(16-14-20)29(2,3)4)24-26(31)22-7-5-6-8-23(22)33-27(24)28(30)32/h5-16,25H,17H2,1-4H3/t25-/m0/s1. The highest BCUT2D eigenvalue weighted by Crippen LogP contribution is 2.39. The molecule has 0 fully saturated rings. The molecule has 0 unspecified atom stereocenters. The average molecular weight is 438 g/mol. The van der Waals surface area contributed by atoms with Crippen LogP contribution in [0.2, 0.25) is 0 Å². The third kappa shape index (κ3) is 3.66. The number of carbonyl (C=O) groups is 1. The van der Waals surface area contributed by atoms with Crippen LogP contribution in [0.4, 0.5) is 0 Å². The van der Waals surface area contributed by atoms with Crippen LogP contribution in [-0.4, -0.2) is 10.8 Å². The molecular formula is C29H27NO3. The minimum absolute atomic E-state index is 0.0126. The number of fused-ring (bicyclic) bond motifs is 2. The molecule has 0 spiro atoms. The Morgan fingerprint density at radius 1 is 0.879 bits per heavy atom. The molecule has 1 aromatic heterocycles. The van der Waals surface area contributed by atoms with Gasteiger partial charge in [0.1, 0.15) is 5.58 Å². The molecule has 0 saturated carbocycles. The third-order valence-corrected chi connectivity index (χ3v) is 6.44. The molecule has 4 aromatic rings. The zero-order valence-corrected chi connectivity index (χ0v) is 19.4. The topological polar surface area (TPSA) is 50.5 Å². The zero-order chi connectivity index (χ0) is 23.3. The molecule has 0 N–H and O–H groups in total. The molecule has 4 nitrogen and oxygen atoms in total. The minimum atomic E-state index is -0.497. The van der Waals surface area contributed by atoms with E-state index in [1.165, 1.54) is 5.56 Å². The van der Waals surface area contributed by atoms with Gasteiger partial charge in [0.05, 0.1) is 17.0 Å². The highest BCUT2D eigenvalue weighted by atomic mass is 16.3. The van der Waals surface area contributed by atoms with E-state index in [1.54, 1.807) is 17.0 Å².